The lowest BCUT2D eigenvalue weighted by atomic mass is 10.1. The Bertz CT molecular complexity index is 753. The van der Waals surface area contributed by atoms with Crippen LogP contribution in [0.1, 0.15) is 24.0 Å². The molecule has 5 heteroatoms. The van der Waals surface area contributed by atoms with E-state index < -0.39 is 0 Å². The van der Waals surface area contributed by atoms with Crippen LogP contribution < -0.4 is 0 Å². The standard InChI is InChI=1S/C21H21ClFNO2/c22-18-8-3-17(4-9-18)14-24(15-20-2-1-13-26-20)21(25)12-7-16-5-10-19(23)11-6-16/h3-12,20H,1-2,13-15H2/b12-7+. The Labute approximate surface area is 158 Å². The van der Waals surface area contributed by atoms with E-state index in [1.54, 1.807) is 23.1 Å². The lowest BCUT2D eigenvalue weighted by Gasteiger charge is -2.24. The minimum atomic E-state index is -0.295. The van der Waals surface area contributed by atoms with Gasteiger partial charge in [0.25, 0.3) is 0 Å². The van der Waals surface area contributed by atoms with Gasteiger partial charge in [-0.3, -0.25) is 4.79 Å². The van der Waals surface area contributed by atoms with Crippen LogP contribution in [0.25, 0.3) is 6.08 Å². The Morgan fingerprint density at radius 2 is 1.92 bits per heavy atom. The van der Waals surface area contributed by atoms with E-state index in [0.29, 0.717) is 18.1 Å². The molecule has 2 aromatic rings. The molecule has 0 aliphatic carbocycles. The predicted octanol–water partition coefficient (Wildman–Crippen LogP) is 4.70. The van der Waals surface area contributed by atoms with Crippen LogP contribution in [-0.4, -0.2) is 30.1 Å². The smallest absolute Gasteiger partial charge is 0.246 e. The van der Waals surface area contributed by atoms with Crippen molar-refractivity contribution in [2.45, 2.75) is 25.5 Å². The Kier molecular flexibility index (Phi) is 6.42. The van der Waals surface area contributed by atoms with E-state index in [-0.39, 0.29) is 17.8 Å². The Hall–Kier alpha value is -2.17. The SMILES string of the molecule is O=C(/C=C/c1ccc(F)cc1)N(Cc1ccc(Cl)cc1)CC1CCCO1. The summed E-state index contributed by atoms with van der Waals surface area (Å²) in [5, 5.41) is 0.668. The van der Waals surface area contributed by atoms with Gasteiger partial charge in [0, 0.05) is 30.8 Å². The highest BCUT2D eigenvalue weighted by Crippen LogP contribution is 2.17. The molecule has 1 aliphatic rings. The summed E-state index contributed by atoms with van der Waals surface area (Å²) in [6.07, 6.45) is 5.29. The normalized spacial score (nSPS) is 16.9. The van der Waals surface area contributed by atoms with Gasteiger partial charge in [-0.1, -0.05) is 35.9 Å². The maximum atomic E-state index is 13.0. The maximum absolute atomic E-state index is 13.0. The summed E-state index contributed by atoms with van der Waals surface area (Å²) in [7, 11) is 0. The van der Waals surface area contributed by atoms with Crippen molar-refractivity contribution in [3.8, 4) is 0 Å². The van der Waals surface area contributed by atoms with Crippen LogP contribution in [0.4, 0.5) is 4.39 Å². The number of halogens is 2. The van der Waals surface area contributed by atoms with E-state index in [0.717, 1.165) is 30.6 Å². The van der Waals surface area contributed by atoms with Crippen molar-refractivity contribution in [2.24, 2.45) is 0 Å². The van der Waals surface area contributed by atoms with E-state index in [9.17, 15) is 9.18 Å². The topological polar surface area (TPSA) is 29.5 Å². The van der Waals surface area contributed by atoms with E-state index in [2.05, 4.69) is 0 Å². The molecule has 26 heavy (non-hydrogen) atoms. The summed E-state index contributed by atoms with van der Waals surface area (Å²) in [5.74, 6) is -0.393. The van der Waals surface area contributed by atoms with E-state index in [4.69, 9.17) is 16.3 Å². The van der Waals surface area contributed by atoms with Gasteiger partial charge in [-0.05, 0) is 54.3 Å². The van der Waals surface area contributed by atoms with Gasteiger partial charge in [-0.2, -0.15) is 0 Å². The van der Waals surface area contributed by atoms with Crippen molar-refractivity contribution in [1.29, 1.82) is 0 Å². The van der Waals surface area contributed by atoms with Gasteiger partial charge in [0.15, 0.2) is 0 Å². The fourth-order valence-corrected chi connectivity index (χ4v) is 3.05. The zero-order chi connectivity index (χ0) is 18.4. The average molecular weight is 374 g/mol. The Morgan fingerprint density at radius 1 is 1.19 bits per heavy atom. The monoisotopic (exact) mass is 373 g/mol. The third-order valence-electron chi connectivity index (χ3n) is 4.33. The lowest BCUT2D eigenvalue weighted by molar-refractivity contribution is -0.128. The van der Waals surface area contributed by atoms with Gasteiger partial charge in [0.1, 0.15) is 5.82 Å². The molecule has 1 amide bonds. The average Bonchev–Trinajstić information content (AvgIpc) is 3.15. The number of rotatable bonds is 6. The fourth-order valence-electron chi connectivity index (χ4n) is 2.92. The van der Waals surface area contributed by atoms with Gasteiger partial charge >= 0.3 is 0 Å². The first-order valence-corrected chi connectivity index (χ1v) is 9.06. The highest BCUT2D eigenvalue weighted by Gasteiger charge is 2.21. The molecule has 0 aromatic heterocycles. The minimum absolute atomic E-state index is 0.0745. The molecule has 0 N–H and O–H groups in total. The van der Waals surface area contributed by atoms with Crippen molar-refractivity contribution < 1.29 is 13.9 Å². The quantitative estimate of drug-likeness (QED) is 0.687. The Balaban J connectivity index is 1.71. The van der Waals surface area contributed by atoms with Crippen LogP contribution in [-0.2, 0) is 16.1 Å². The zero-order valence-corrected chi connectivity index (χ0v) is 15.2. The summed E-state index contributed by atoms with van der Waals surface area (Å²) in [6, 6.07) is 13.5. The molecule has 0 bridgehead atoms. The van der Waals surface area contributed by atoms with Crippen LogP contribution in [0.15, 0.2) is 54.6 Å². The molecule has 1 heterocycles. The molecule has 0 saturated carbocycles. The molecule has 1 aliphatic heterocycles. The highest BCUT2D eigenvalue weighted by molar-refractivity contribution is 6.30. The second-order valence-corrected chi connectivity index (χ2v) is 6.80. The van der Waals surface area contributed by atoms with Gasteiger partial charge in [-0.25, -0.2) is 4.39 Å². The largest absolute Gasteiger partial charge is 0.376 e. The number of ether oxygens (including phenoxy) is 1. The molecule has 0 radical (unpaired) electrons. The summed E-state index contributed by atoms with van der Waals surface area (Å²) in [4.78, 5) is 14.5. The highest BCUT2D eigenvalue weighted by atomic mass is 35.5. The number of carbonyl (C=O) groups excluding carboxylic acids is 1. The van der Waals surface area contributed by atoms with Crippen LogP contribution >= 0.6 is 11.6 Å². The number of carbonyl (C=O) groups is 1. The van der Waals surface area contributed by atoms with Crippen LogP contribution in [0.3, 0.4) is 0 Å². The lowest BCUT2D eigenvalue weighted by Crippen LogP contribution is -2.35. The molecule has 0 spiro atoms. The second-order valence-electron chi connectivity index (χ2n) is 6.37. The molecule has 3 nitrogen and oxygen atoms in total. The summed E-state index contributed by atoms with van der Waals surface area (Å²) in [6.45, 7) is 1.79. The van der Waals surface area contributed by atoms with Crippen molar-refractivity contribution in [3.05, 3.63) is 76.6 Å². The molecule has 1 unspecified atom stereocenters. The van der Waals surface area contributed by atoms with Crippen molar-refractivity contribution in [3.63, 3.8) is 0 Å². The van der Waals surface area contributed by atoms with Gasteiger partial charge < -0.3 is 9.64 Å². The van der Waals surface area contributed by atoms with E-state index in [1.165, 1.54) is 18.2 Å². The molecule has 3 rings (SSSR count). The van der Waals surface area contributed by atoms with Gasteiger partial charge in [0.05, 0.1) is 6.10 Å². The Morgan fingerprint density at radius 3 is 2.58 bits per heavy atom. The first kappa shape index (κ1) is 18.6. The number of benzene rings is 2. The van der Waals surface area contributed by atoms with Crippen LogP contribution in [0.2, 0.25) is 5.02 Å². The molecule has 1 fully saturated rings. The second kappa shape index (κ2) is 8.97. The fraction of sp³-hybridized carbons (Fsp3) is 0.286. The minimum Gasteiger partial charge on any atom is -0.376 e. The van der Waals surface area contributed by atoms with Crippen molar-refractivity contribution in [1.82, 2.24) is 4.90 Å². The van der Waals surface area contributed by atoms with Crippen molar-refractivity contribution >= 4 is 23.6 Å². The number of nitrogens with zero attached hydrogens (tertiary/aromatic N) is 1. The number of hydrogen-bond acceptors (Lipinski definition) is 2. The predicted molar refractivity (Wildman–Crippen MR) is 101 cm³/mol. The van der Waals surface area contributed by atoms with E-state index in [1.807, 2.05) is 24.3 Å². The number of amides is 1. The van der Waals surface area contributed by atoms with Crippen molar-refractivity contribution in [2.75, 3.05) is 13.2 Å². The summed E-state index contributed by atoms with van der Waals surface area (Å²) in [5.41, 5.74) is 1.79. The first-order chi connectivity index (χ1) is 12.6. The third-order valence-corrected chi connectivity index (χ3v) is 4.59. The van der Waals surface area contributed by atoms with Gasteiger partial charge in [-0.15, -0.1) is 0 Å². The molecular weight excluding hydrogens is 353 g/mol. The zero-order valence-electron chi connectivity index (χ0n) is 14.4. The molecule has 1 saturated heterocycles. The van der Waals surface area contributed by atoms with Gasteiger partial charge in [0.2, 0.25) is 5.91 Å². The summed E-state index contributed by atoms with van der Waals surface area (Å²) < 4.78 is 18.7. The summed E-state index contributed by atoms with van der Waals surface area (Å²) >= 11 is 5.94. The number of hydrogen-bond donors (Lipinski definition) is 0. The van der Waals surface area contributed by atoms with E-state index >= 15 is 0 Å². The molecule has 2 aromatic carbocycles. The maximum Gasteiger partial charge on any atom is 0.246 e. The first-order valence-electron chi connectivity index (χ1n) is 8.69. The molecular formula is C21H21ClFNO2. The third kappa shape index (κ3) is 5.41. The molecule has 136 valence electrons. The molecule has 1 atom stereocenters. The van der Waals surface area contributed by atoms with Crippen LogP contribution in [0.5, 0.6) is 0 Å². The van der Waals surface area contributed by atoms with Crippen LogP contribution in [0, 0.1) is 5.82 Å².